The largest absolute Gasteiger partial charge is 0.573 e. The van der Waals surface area contributed by atoms with Gasteiger partial charge in [-0.15, -0.1) is 18.3 Å². The number of carboxylic acid groups (broad SMARTS) is 1. The van der Waals surface area contributed by atoms with Crippen molar-refractivity contribution < 1.29 is 32.5 Å². The molecule has 3 rings (SSSR count). The second kappa shape index (κ2) is 7.59. The van der Waals surface area contributed by atoms with Crippen LogP contribution in [-0.4, -0.2) is 32.2 Å². The summed E-state index contributed by atoms with van der Waals surface area (Å²) in [4.78, 5) is 15.1. The van der Waals surface area contributed by atoms with Crippen LogP contribution in [0.3, 0.4) is 0 Å². The van der Waals surface area contributed by atoms with Crippen LogP contribution < -0.4 is 9.47 Å². The van der Waals surface area contributed by atoms with E-state index in [1.54, 1.807) is 13.0 Å². The van der Waals surface area contributed by atoms with Crippen LogP contribution in [-0.2, 0) is 6.61 Å². The number of benzene rings is 2. The van der Waals surface area contributed by atoms with Crippen molar-refractivity contribution in [2.24, 2.45) is 0 Å². The molecule has 0 aliphatic heterocycles. The second-order valence-corrected chi connectivity index (χ2v) is 5.72. The summed E-state index contributed by atoms with van der Waals surface area (Å²) in [5.41, 5.74) is 1.24. The van der Waals surface area contributed by atoms with E-state index in [-0.39, 0.29) is 17.9 Å². The molecule has 0 bridgehead atoms. The third kappa shape index (κ3) is 4.78. The number of aromatic nitrogens is 3. The van der Waals surface area contributed by atoms with Crippen LogP contribution in [0.5, 0.6) is 11.5 Å². The summed E-state index contributed by atoms with van der Waals surface area (Å²) in [6.07, 6.45) is -3.35. The van der Waals surface area contributed by atoms with Crippen molar-refractivity contribution in [3.8, 4) is 17.2 Å². The Balaban J connectivity index is 1.64. The third-order valence-corrected chi connectivity index (χ3v) is 3.67. The number of aryl methyl sites for hydroxylation is 1. The van der Waals surface area contributed by atoms with Gasteiger partial charge in [-0.2, -0.15) is 0 Å². The van der Waals surface area contributed by atoms with Crippen LogP contribution in [0.4, 0.5) is 13.2 Å². The molecule has 0 saturated heterocycles. The number of aromatic carboxylic acids is 1. The first-order valence-electron chi connectivity index (χ1n) is 7.95. The van der Waals surface area contributed by atoms with Gasteiger partial charge in [0.15, 0.2) is 5.82 Å². The molecular formula is C18H14F3N3O4. The van der Waals surface area contributed by atoms with Crippen molar-refractivity contribution in [3.63, 3.8) is 0 Å². The molecule has 146 valence electrons. The molecule has 1 heterocycles. The van der Waals surface area contributed by atoms with E-state index in [2.05, 4.69) is 14.8 Å². The zero-order valence-corrected chi connectivity index (χ0v) is 14.5. The minimum Gasteiger partial charge on any atom is -0.486 e. The van der Waals surface area contributed by atoms with Gasteiger partial charge in [-0.05, 0) is 55.0 Å². The molecule has 3 aromatic rings. The first-order chi connectivity index (χ1) is 13.2. The maximum absolute atomic E-state index is 12.2. The van der Waals surface area contributed by atoms with Gasteiger partial charge < -0.3 is 14.6 Å². The Morgan fingerprint density at radius 2 is 1.82 bits per heavy atom. The van der Waals surface area contributed by atoms with Crippen LogP contribution in [0.2, 0.25) is 0 Å². The molecule has 0 saturated carbocycles. The molecule has 0 atom stereocenters. The molecule has 1 aromatic heterocycles. The molecular weight excluding hydrogens is 379 g/mol. The summed E-state index contributed by atoms with van der Waals surface area (Å²) in [6, 6.07) is 9.75. The van der Waals surface area contributed by atoms with Gasteiger partial charge in [0.1, 0.15) is 24.4 Å². The van der Waals surface area contributed by atoms with Gasteiger partial charge in [0.2, 0.25) is 0 Å². The summed E-state index contributed by atoms with van der Waals surface area (Å²) < 4.78 is 47.3. The quantitative estimate of drug-likeness (QED) is 0.686. The molecule has 0 aliphatic carbocycles. The average molecular weight is 393 g/mol. The second-order valence-electron chi connectivity index (χ2n) is 5.72. The summed E-state index contributed by atoms with van der Waals surface area (Å²) in [5.74, 6) is -0.542. The van der Waals surface area contributed by atoms with E-state index >= 15 is 0 Å². The minimum atomic E-state index is -4.75. The number of alkyl halides is 3. The van der Waals surface area contributed by atoms with Crippen molar-refractivity contribution in [1.29, 1.82) is 0 Å². The molecule has 0 radical (unpaired) electrons. The summed E-state index contributed by atoms with van der Waals surface area (Å²) in [6.45, 7) is 1.70. The maximum Gasteiger partial charge on any atom is 0.573 e. The Morgan fingerprint density at radius 3 is 2.43 bits per heavy atom. The molecule has 28 heavy (non-hydrogen) atoms. The molecule has 0 spiro atoms. The van der Waals surface area contributed by atoms with E-state index in [9.17, 15) is 18.0 Å². The zero-order chi connectivity index (χ0) is 20.3. The van der Waals surface area contributed by atoms with Crippen LogP contribution in [0.25, 0.3) is 5.69 Å². The number of carboxylic acids is 1. The molecule has 0 amide bonds. The van der Waals surface area contributed by atoms with E-state index in [0.29, 0.717) is 22.8 Å². The van der Waals surface area contributed by atoms with Gasteiger partial charge in [-0.1, -0.05) is 0 Å². The molecule has 10 heteroatoms. The fourth-order valence-corrected chi connectivity index (χ4v) is 2.40. The Morgan fingerprint density at radius 1 is 1.14 bits per heavy atom. The standard InChI is InChI=1S/C18H14F3N3O4/c1-11-8-14(6-7-15(11)17(25)26)27-9-16-22-10-24(23-16)12-2-4-13(5-3-12)28-18(19,20)21/h2-8,10H,9H2,1H3,(H,25,26). The predicted molar refractivity (Wildman–Crippen MR) is 90.5 cm³/mol. The lowest BCUT2D eigenvalue weighted by Gasteiger charge is -2.09. The van der Waals surface area contributed by atoms with Crippen molar-refractivity contribution in [2.75, 3.05) is 0 Å². The highest BCUT2D eigenvalue weighted by Gasteiger charge is 2.31. The van der Waals surface area contributed by atoms with Gasteiger partial charge in [0, 0.05) is 0 Å². The first kappa shape index (κ1) is 19.2. The summed E-state index contributed by atoms with van der Waals surface area (Å²) in [5, 5.41) is 13.2. The Hall–Kier alpha value is -3.56. The van der Waals surface area contributed by atoms with Gasteiger partial charge in [-0.25, -0.2) is 14.5 Å². The summed E-state index contributed by atoms with van der Waals surface area (Å²) >= 11 is 0. The number of nitrogens with zero attached hydrogens (tertiary/aromatic N) is 3. The van der Waals surface area contributed by atoms with Crippen molar-refractivity contribution >= 4 is 5.97 Å². The maximum atomic E-state index is 12.2. The van der Waals surface area contributed by atoms with Crippen molar-refractivity contribution in [1.82, 2.24) is 14.8 Å². The molecule has 0 aliphatic rings. The Kier molecular flexibility index (Phi) is 5.21. The van der Waals surface area contributed by atoms with E-state index in [0.717, 1.165) is 0 Å². The SMILES string of the molecule is Cc1cc(OCc2ncn(-c3ccc(OC(F)(F)F)cc3)n2)ccc1C(=O)O. The van der Waals surface area contributed by atoms with E-state index < -0.39 is 12.3 Å². The monoisotopic (exact) mass is 393 g/mol. The van der Waals surface area contributed by atoms with E-state index in [1.165, 1.54) is 47.4 Å². The average Bonchev–Trinajstić information content (AvgIpc) is 3.08. The lowest BCUT2D eigenvalue weighted by atomic mass is 10.1. The number of rotatable bonds is 6. The highest BCUT2D eigenvalue weighted by Crippen LogP contribution is 2.23. The number of hydrogen-bond donors (Lipinski definition) is 1. The topological polar surface area (TPSA) is 86.5 Å². The first-order valence-corrected chi connectivity index (χ1v) is 7.95. The molecule has 1 N–H and O–H groups in total. The predicted octanol–water partition coefficient (Wildman–Crippen LogP) is 3.75. The van der Waals surface area contributed by atoms with Gasteiger partial charge in [-0.3, -0.25) is 0 Å². The van der Waals surface area contributed by atoms with Gasteiger partial charge >= 0.3 is 12.3 Å². The number of hydrogen-bond acceptors (Lipinski definition) is 5. The van der Waals surface area contributed by atoms with Gasteiger partial charge in [0.25, 0.3) is 0 Å². The molecule has 7 nitrogen and oxygen atoms in total. The van der Waals surface area contributed by atoms with Crippen molar-refractivity contribution in [3.05, 3.63) is 65.7 Å². The number of carbonyl (C=O) groups is 1. The van der Waals surface area contributed by atoms with Gasteiger partial charge in [0.05, 0.1) is 11.3 Å². The Labute approximate surface area is 157 Å². The molecule has 0 fully saturated rings. The lowest BCUT2D eigenvalue weighted by molar-refractivity contribution is -0.274. The smallest absolute Gasteiger partial charge is 0.486 e. The van der Waals surface area contributed by atoms with Crippen LogP contribution in [0.1, 0.15) is 21.7 Å². The highest BCUT2D eigenvalue weighted by molar-refractivity contribution is 5.89. The number of halogens is 3. The fourth-order valence-electron chi connectivity index (χ4n) is 2.40. The van der Waals surface area contributed by atoms with Crippen molar-refractivity contribution in [2.45, 2.75) is 19.9 Å². The molecule has 2 aromatic carbocycles. The minimum absolute atomic E-state index is 0.0358. The molecule has 0 unspecified atom stereocenters. The van der Waals surface area contributed by atoms with Crippen LogP contribution in [0, 0.1) is 6.92 Å². The zero-order valence-electron chi connectivity index (χ0n) is 14.5. The van der Waals surface area contributed by atoms with Crippen LogP contribution >= 0.6 is 0 Å². The Bertz CT molecular complexity index is 984. The lowest BCUT2D eigenvalue weighted by Crippen LogP contribution is -2.17. The third-order valence-electron chi connectivity index (χ3n) is 3.67. The fraction of sp³-hybridized carbons (Fsp3) is 0.167. The summed E-state index contributed by atoms with van der Waals surface area (Å²) in [7, 11) is 0. The number of ether oxygens (including phenoxy) is 2. The van der Waals surface area contributed by atoms with Crippen LogP contribution in [0.15, 0.2) is 48.8 Å². The normalized spacial score (nSPS) is 11.3. The highest BCUT2D eigenvalue weighted by atomic mass is 19.4. The van der Waals surface area contributed by atoms with E-state index in [1.807, 2.05) is 0 Å². The van der Waals surface area contributed by atoms with E-state index in [4.69, 9.17) is 9.84 Å².